The van der Waals surface area contributed by atoms with Crippen LogP contribution in [0, 0.1) is 0 Å². The summed E-state index contributed by atoms with van der Waals surface area (Å²) >= 11 is 0. The fraction of sp³-hybridized carbons (Fsp3) is 0.941. The van der Waals surface area contributed by atoms with Crippen LogP contribution in [0.2, 0.25) is 0 Å². The zero-order chi connectivity index (χ0) is 16.6. The SMILES string of the molecule is CC(CNC(=O)OC(C)(C)C)NC(C)CC1CCCCCN1. The molecule has 0 aliphatic carbocycles. The summed E-state index contributed by atoms with van der Waals surface area (Å²) in [7, 11) is 0. The highest BCUT2D eigenvalue weighted by Crippen LogP contribution is 2.12. The van der Waals surface area contributed by atoms with Gasteiger partial charge in [0.1, 0.15) is 5.60 Å². The third-order valence-electron chi connectivity index (χ3n) is 3.82. The molecule has 3 unspecified atom stereocenters. The minimum absolute atomic E-state index is 0.230. The van der Waals surface area contributed by atoms with Crippen LogP contribution in [0.4, 0.5) is 4.79 Å². The number of hydrogen-bond acceptors (Lipinski definition) is 4. The topological polar surface area (TPSA) is 62.4 Å². The molecule has 1 heterocycles. The summed E-state index contributed by atoms with van der Waals surface area (Å²) in [4.78, 5) is 11.6. The lowest BCUT2D eigenvalue weighted by molar-refractivity contribution is 0.0522. The molecule has 1 aliphatic heterocycles. The van der Waals surface area contributed by atoms with Crippen molar-refractivity contribution >= 4 is 6.09 Å². The molecule has 1 fully saturated rings. The van der Waals surface area contributed by atoms with Gasteiger partial charge in [-0.2, -0.15) is 0 Å². The molecule has 1 rings (SSSR count). The summed E-state index contributed by atoms with van der Waals surface area (Å²) in [5.41, 5.74) is -0.445. The Kier molecular flexibility index (Phi) is 8.18. The monoisotopic (exact) mass is 313 g/mol. The molecule has 3 atom stereocenters. The molecule has 1 amide bonds. The Labute approximate surface area is 135 Å². The zero-order valence-electron chi connectivity index (χ0n) is 15.0. The number of carbonyl (C=O) groups is 1. The minimum atomic E-state index is -0.445. The van der Waals surface area contributed by atoms with E-state index in [1.54, 1.807) is 0 Å². The number of rotatable bonds is 6. The van der Waals surface area contributed by atoms with Crippen LogP contribution in [-0.2, 0) is 4.74 Å². The Morgan fingerprint density at radius 2 is 1.95 bits per heavy atom. The molecule has 0 radical (unpaired) electrons. The first-order valence-corrected chi connectivity index (χ1v) is 8.72. The van der Waals surface area contributed by atoms with Crippen molar-refractivity contribution in [2.24, 2.45) is 0 Å². The van der Waals surface area contributed by atoms with Crippen molar-refractivity contribution in [1.29, 1.82) is 0 Å². The number of nitrogens with one attached hydrogen (secondary N) is 3. The van der Waals surface area contributed by atoms with E-state index >= 15 is 0 Å². The molecule has 0 spiro atoms. The molecule has 1 aliphatic rings. The zero-order valence-corrected chi connectivity index (χ0v) is 15.0. The van der Waals surface area contributed by atoms with Crippen molar-refractivity contribution in [1.82, 2.24) is 16.0 Å². The molecule has 1 saturated heterocycles. The van der Waals surface area contributed by atoms with Gasteiger partial charge in [-0.05, 0) is 60.4 Å². The van der Waals surface area contributed by atoms with Crippen LogP contribution in [-0.4, -0.2) is 42.9 Å². The van der Waals surface area contributed by atoms with Gasteiger partial charge in [0.15, 0.2) is 0 Å². The maximum Gasteiger partial charge on any atom is 0.407 e. The normalized spacial score (nSPS) is 22.5. The van der Waals surface area contributed by atoms with E-state index in [2.05, 4.69) is 29.8 Å². The molecule has 0 aromatic carbocycles. The van der Waals surface area contributed by atoms with Crippen LogP contribution < -0.4 is 16.0 Å². The Morgan fingerprint density at radius 1 is 1.23 bits per heavy atom. The van der Waals surface area contributed by atoms with Gasteiger partial charge in [-0.15, -0.1) is 0 Å². The molecular weight excluding hydrogens is 278 g/mol. The molecule has 0 bridgehead atoms. The second-order valence-electron chi connectivity index (χ2n) is 7.59. The first kappa shape index (κ1) is 19.2. The largest absolute Gasteiger partial charge is 0.444 e. The number of amides is 1. The maximum atomic E-state index is 11.6. The highest BCUT2D eigenvalue weighted by atomic mass is 16.6. The summed E-state index contributed by atoms with van der Waals surface area (Å²) in [6.07, 6.45) is 6.04. The minimum Gasteiger partial charge on any atom is -0.444 e. The van der Waals surface area contributed by atoms with E-state index in [1.165, 1.54) is 25.7 Å². The summed E-state index contributed by atoms with van der Waals surface area (Å²) in [5.74, 6) is 0. The number of alkyl carbamates (subject to hydrolysis) is 1. The predicted octanol–water partition coefficient (Wildman–Crippen LogP) is 2.80. The molecule has 5 heteroatoms. The van der Waals surface area contributed by atoms with Crippen molar-refractivity contribution in [3.8, 4) is 0 Å². The smallest absolute Gasteiger partial charge is 0.407 e. The molecule has 5 nitrogen and oxygen atoms in total. The van der Waals surface area contributed by atoms with Crippen LogP contribution in [0.1, 0.15) is 66.7 Å². The van der Waals surface area contributed by atoms with Gasteiger partial charge in [0.25, 0.3) is 0 Å². The first-order valence-electron chi connectivity index (χ1n) is 8.72. The van der Waals surface area contributed by atoms with Gasteiger partial charge in [0.05, 0.1) is 0 Å². The van der Waals surface area contributed by atoms with Crippen LogP contribution in [0.3, 0.4) is 0 Å². The maximum absolute atomic E-state index is 11.6. The average molecular weight is 313 g/mol. The summed E-state index contributed by atoms with van der Waals surface area (Å²) < 4.78 is 5.24. The number of hydrogen-bond donors (Lipinski definition) is 3. The van der Waals surface area contributed by atoms with Crippen molar-refractivity contribution < 1.29 is 9.53 Å². The average Bonchev–Trinajstić information content (AvgIpc) is 2.63. The molecule has 3 N–H and O–H groups in total. The Hall–Kier alpha value is -0.810. The second-order valence-corrected chi connectivity index (χ2v) is 7.59. The molecule has 0 aromatic heterocycles. The predicted molar refractivity (Wildman–Crippen MR) is 91.2 cm³/mol. The summed E-state index contributed by atoms with van der Waals surface area (Å²) in [6.45, 7) is 11.7. The fourth-order valence-electron chi connectivity index (χ4n) is 2.89. The first-order chi connectivity index (χ1) is 10.3. The van der Waals surface area contributed by atoms with E-state index in [0.717, 1.165) is 13.0 Å². The van der Waals surface area contributed by atoms with E-state index in [-0.39, 0.29) is 12.1 Å². The van der Waals surface area contributed by atoms with E-state index in [4.69, 9.17) is 4.74 Å². The lowest BCUT2D eigenvalue weighted by Gasteiger charge is -2.25. The Balaban J connectivity index is 2.20. The van der Waals surface area contributed by atoms with Crippen molar-refractivity contribution in [3.05, 3.63) is 0 Å². The Morgan fingerprint density at radius 3 is 2.64 bits per heavy atom. The highest BCUT2D eigenvalue weighted by molar-refractivity contribution is 5.67. The van der Waals surface area contributed by atoms with E-state index < -0.39 is 5.60 Å². The van der Waals surface area contributed by atoms with Gasteiger partial charge in [-0.1, -0.05) is 12.8 Å². The summed E-state index contributed by atoms with van der Waals surface area (Å²) in [5, 5.41) is 10.0. The van der Waals surface area contributed by atoms with E-state index in [9.17, 15) is 4.79 Å². The van der Waals surface area contributed by atoms with Gasteiger partial charge in [0.2, 0.25) is 0 Å². The highest BCUT2D eigenvalue weighted by Gasteiger charge is 2.18. The van der Waals surface area contributed by atoms with Crippen LogP contribution >= 0.6 is 0 Å². The quantitative estimate of drug-likeness (QED) is 0.705. The fourth-order valence-corrected chi connectivity index (χ4v) is 2.89. The number of ether oxygens (including phenoxy) is 1. The van der Waals surface area contributed by atoms with Gasteiger partial charge < -0.3 is 20.7 Å². The molecular formula is C17H35N3O2. The lowest BCUT2D eigenvalue weighted by Crippen LogP contribution is -2.46. The third-order valence-corrected chi connectivity index (χ3v) is 3.82. The van der Waals surface area contributed by atoms with Gasteiger partial charge in [-0.3, -0.25) is 0 Å². The van der Waals surface area contributed by atoms with Crippen molar-refractivity contribution in [2.75, 3.05) is 13.1 Å². The van der Waals surface area contributed by atoms with E-state index in [0.29, 0.717) is 18.6 Å². The van der Waals surface area contributed by atoms with Gasteiger partial charge in [0, 0.05) is 24.7 Å². The van der Waals surface area contributed by atoms with Gasteiger partial charge in [-0.25, -0.2) is 4.79 Å². The molecule has 130 valence electrons. The molecule has 22 heavy (non-hydrogen) atoms. The van der Waals surface area contributed by atoms with Crippen molar-refractivity contribution in [2.45, 2.75) is 90.4 Å². The number of carbonyl (C=O) groups excluding carboxylic acids is 1. The third kappa shape index (κ3) is 9.26. The standard InChI is InChI=1S/C17H35N3O2/c1-13(11-15-9-7-6-8-10-18-15)20-14(2)12-19-16(21)22-17(3,4)5/h13-15,18,20H,6-12H2,1-5H3,(H,19,21). The lowest BCUT2D eigenvalue weighted by atomic mass is 10.0. The Bertz CT molecular complexity index is 320. The van der Waals surface area contributed by atoms with Crippen LogP contribution in [0.25, 0.3) is 0 Å². The van der Waals surface area contributed by atoms with Crippen LogP contribution in [0.15, 0.2) is 0 Å². The van der Waals surface area contributed by atoms with Crippen LogP contribution in [0.5, 0.6) is 0 Å². The van der Waals surface area contributed by atoms with E-state index in [1.807, 2.05) is 20.8 Å². The van der Waals surface area contributed by atoms with Crippen molar-refractivity contribution in [3.63, 3.8) is 0 Å². The summed E-state index contributed by atoms with van der Waals surface area (Å²) in [6, 6.07) is 1.29. The second kappa shape index (κ2) is 9.36. The molecule has 0 aromatic rings. The molecule has 0 saturated carbocycles. The van der Waals surface area contributed by atoms with Gasteiger partial charge >= 0.3 is 6.09 Å².